The van der Waals surface area contributed by atoms with Gasteiger partial charge in [-0.05, 0) is 61.4 Å². The molecule has 1 unspecified atom stereocenters. The van der Waals surface area contributed by atoms with Crippen LogP contribution in [-0.2, 0) is 21.2 Å². The summed E-state index contributed by atoms with van der Waals surface area (Å²) in [6.45, 7) is 3.99. The van der Waals surface area contributed by atoms with Gasteiger partial charge >= 0.3 is 6.03 Å². The molecule has 0 saturated heterocycles. The first kappa shape index (κ1) is 27.5. The number of benzene rings is 3. The van der Waals surface area contributed by atoms with Gasteiger partial charge in [-0.2, -0.15) is 0 Å². The second kappa shape index (κ2) is 12.7. The minimum absolute atomic E-state index is 0.0578. The second-order valence-corrected chi connectivity index (χ2v) is 9.86. The maximum absolute atomic E-state index is 13.6. The molecular formula is C28H31N3O5S. The van der Waals surface area contributed by atoms with E-state index in [-0.39, 0.29) is 17.2 Å². The number of ether oxygens (including phenoxy) is 1. The summed E-state index contributed by atoms with van der Waals surface area (Å²) in [6, 6.07) is 20.4. The zero-order chi connectivity index (χ0) is 26.8. The van der Waals surface area contributed by atoms with Crippen LogP contribution in [0.15, 0.2) is 89.8 Å². The molecule has 0 radical (unpaired) electrons. The van der Waals surface area contributed by atoms with E-state index in [1.165, 1.54) is 17.0 Å². The van der Waals surface area contributed by atoms with E-state index < -0.39 is 22.1 Å². The van der Waals surface area contributed by atoms with Crippen molar-refractivity contribution in [3.63, 3.8) is 0 Å². The quantitative estimate of drug-likeness (QED) is 0.412. The lowest BCUT2D eigenvalue weighted by Gasteiger charge is -2.27. The molecule has 0 heterocycles. The van der Waals surface area contributed by atoms with Gasteiger partial charge in [0.2, 0.25) is 5.91 Å². The highest BCUT2D eigenvalue weighted by atomic mass is 32.2. The first-order valence-electron chi connectivity index (χ1n) is 11.8. The van der Waals surface area contributed by atoms with Crippen molar-refractivity contribution >= 4 is 33.7 Å². The van der Waals surface area contributed by atoms with Crippen LogP contribution in [0.3, 0.4) is 0 Å². The third-order valence-electron chi connectivity index (χ3n) is 5.61. The van der Waals surface area contributed by atoms with Gasteiger partial charge in [0.25, 0.3) is 10.0 Å². The maximum Gasteiger partial charge on any atom is 0.329 e. The van der Waals surface area contributed by atoms with Gasteiger partial charge in [0.05, 0.1) is 12.0 Å². The van der Waals surface area contributed by atoms with Crippen molar-refractivity contribution in [1.82, 2.24) is 10.0 Å². The number of nitrogens with one attached hydrogen (secondary N) is 2. The monoisotopic (exact) mass is 521 g/mol. The Hall–Kier alpha value is -4.11. The number of nitrogens with zero attached hydrogens (tertiary/aromatic N) is 1. The number of methoxy groups -OCH3 is 1. The van der Waals surface area contributed by atoms with Crippen LogP contribution in [-0.4, -0.2) is 40.1 Å². The Labute approximate surface area is 218 Å². The Morgan fingerprint density at radius 1 is 1.00 bits per heavy atom. The van der Waals surface area contributed by atoms with Gasteiger partial charge in [-0.25, -0.2) is 17.9 Å². The third-order valence-corrected chi connectivity index (χ3v) is 6.94. The van der Waals surface area contributed by atoms with Crippen LogP contribution in [0.2, 0.25) is 0 Å². The fraction of sp³-hybridized carbons (Fsp3) is 0.214. The van der Waals surface area contributed by atoms with Gasteiger partial charge in [0, 0.05) is 18.7 Å². The summed E-state index contributed by atoms with van der Waals surface area (Å²) in [5.41, 5.74) is 2.12. The Balaban J connectivity index is 1.84. The Morgan fingerprint density at radius 3 is 2.32 bits per heavy atom. The molecule has 0 spiro atoms. The van der Waals surface area contributed by atoms with E-state index in [0.29, 0.717) is 23.5 Å². The van der Waals surface area contributed by atoms with Crippen molar-refractivity contribution in [2.24, 2.45) is 0 Å². The summed E-state index contributed by atoms with van der Waals surface area (Å²) in [5.74, 6) is 0.272. The standard InChI is InChI=1S/C28H31N3O5S/c1-4-10-21-13-9-14-25(19-21)37(34,35)30-28(33)29-26(20-22-11-7-6-8-12-22)27(32)31(5-2)23-15-17-24(36-3)18-16-23/h4,6-19,26H,5,20H2,1-3H3,(H2,29,30,33). The highest BCUT2D eigenvalue weighted by Crippen LogP contribution is 2.21. The van der Waals surface area contributed by atoms with E-state index in [1.54, 1.807) is 55.7 Å². The van der Waals surface area contributed by atoms with Crippen molar-refractivity contribution in [1.29, 1.82) is 0 Å². The molecule has 0 bridgehead atoms. The lowest BCUT2D eigenvalue weighted by atomic mass is 10.0. The summed E-state index contributed by atoms with van der Waals surface area (Å²) >= 11 is 0. The topological polar surface area (TPSA) is 105 Å². The summed E-state index contributed by atoms with van der Waals surface area (Å²) in [7, 11) is -2.61. The maximum atomic E-state index is 13.6. The molecule has 3 aromatic rings. The number of likely N-dealkylation sites (N-methyl/N-ethyl adjacent to an activating group) is 1. The molecule has 0 fully saturated rings. The lowest BCUT2D eigenvalue weighted by molar-refractivity contribution is -0.120. The van der Waals surface area contributed by atoms with Crippen molar-refractivity contribution in [3.05, 3.63) is 96.1 Å². The van der Waals surface area contributed by atoms with Crippen LogP contribution in [0.5, 0.6) is 5.75 Å². The predicted molar refractivity (Wildman–Crippen MR) is 145 cm³/mol. The van der Waals surface area contributed by atoms with Gasteiger partial charge in [-0.3, -0.25) is 4.79 Å². The van der Waals surface area contributed by atoms with E-state index in [0.717, 1.165) is 5.56 Å². The number of carbonyl (C=O) groups is 2. The molecule has 37 heavy (non-hydrogen) atoms. The van der Waals surface area contributed by atoms with Gasteiger partial charge in [0.15, 0.2) is 0 Å². The number of carbonyl (C=O) groups excluding carboxylic acids is 2. The normalized spacial score (nSPS) is 12.1. The molecular weight excluding hydrogens is 490 g/mol. The van der Waals surface area contributed by atoms with E-state index in [4.69, 9.17) is 4.74 Å². The summed E-state index contributed by atoms with van der Waals surface area (Å²) in [4.78, 5) is 28.0. The van der Waals surface area contributed by atoms with Gasteiger partial charge in [-0.1, -0.05) is 54.6 Å². The third kappa shape index (κ3) is 7.44. The molecule has 3 rings (SSSR count). The van der Waals surface area contributed by atoms with Crippen LogP contribution in [0.25, 0.3) is 6.08 Å². The summed E-state index contributed by atoms with van der Waals surface area (Å²) < 4.78 is 33.0. The van der Waals surface area contributed by atoms with Crippen LogP contribution < -0.4 is 19.7 Å². The molecule has 0 aliphatic carbocycles. The number of allylic oxidation sites excluding steroid dienone is 1. The van der Waals surface area contributed by atoms with Crippen LogP contribution in [0.4, 0.5) is 10.5 Å². The number of hydrogen-bond acceptors (Lipinski definition) is 5. The number of rotatable bonds is 10. The molecule has 1 atom stereocenters. The molecule has 3 amide bonds. The fourth-order valence-corrected chi connectivity index (χ4v) is 4.78. The van der Waals surface area contributed by atoms with E-state index in [1.807, 2.05) is 48.9 Å². The zero-order valence-corrected chi connectivity index (χ0v) is 21.9. The van der Waals surface area contributed by atoms with E-state index >= 15 is 0 Å². The van der Waals surface area contributed by atoms with Crippen molar-refractivity contribution in [3.8, 4) is 5.75 Å². The van der Waals surface area contributed by atoms with Crippen molar-refractivity contribution in [2.75, 3.05) is 18.6 Å². The summed E-state index contributed by atoms with van der Waals surface area (Å²) in [5, 5.41) is 2.58. The van der Waals surface area contributed by atoms with Gasteiger partial charge in [-0.15, -0.1) is 0 Å². The SMILES string of the molecule is CC=Cc1cccc(S(=O)(=O)NC(=O)NC(Cc2ccccc2)C(=O)N(CC)c2ccc(OC)cc2)c1. The first-order valence-corrected chi connectivity index (χ1v) is 13.3. The molecule has 0 saturated carbocycles. The van der Waals surface area contributed by atoms with E-state index in [9.17, 15) is 18.0 Å². The number of anilines is 1. The lowest BCUT2D eigenvalue weighted by Crippen LogP contribution is -2.53. The average Bonchev–Trinajstić information content (AvgIpc) is 2.90. The molecule has 2 N–H and O–H groups in total. The molecule has 0 aliphatic rings. The smallest absolute Gasteiger partial charge is 0.329 e. The second-order valence-electron chi connectivity index (χ2n) is 8.17. The number of sulfonamides is 1. The minimum Gasteiger partial charge on any atom is -0.497 e. The molecule has 194 valence electrons. The van der Waals surface area contributed by atoms with Crippen LogP contribution in [0, 0.1) is 0 Å². The van der Waals surface area contributed by atoms with Gasteiger partial charge < -0.3 is 15.0 Å². The molecule has 3 aromatic carbocycles. The van der Waals surface area contributed by atoms with Crippen molar-refractivity contribution < 1.29 is 22.7 Å². The highest BCUT2D eigenvalue weighted by Gasteiger charge is 2.28. The Bertz CT molecular complexity index is 1340. The number of hydrogen-bond donors (Lipinski definition) is 2. The minimum atomic E-state index is -4.16. The number of urea groups is 1. The van der Waals surface area contributed by atoms with Crippen LogP contribution >= 0.6 is 0 Å². The molecule has 9 heteroatoms. The Kier molecular flexibility index (Phi) is 9.45. The highest BCUT2D eigenvalue weighted by molar-refractivity contribution is 7.90. The molecule has 0 aliphatic heterocycles. The zero-order valence-electron chi connectivity index (χ0n) is 21.0. The predicted octanol–water partition coefficient (Wildman–Crippen LogP) is 4.38. The van der Waals surface area contributed by atoms with Crippen LogP contribution in [0.1, 0.15) is 25.0 Å². The molecule has 0 aromatic heterocycles. The Morgan fingerprint density at radius 2 is 1.70 bits per heavy atom. The first-order chi connectivity index (χ1) is 17.8. The number of amides is 3. The summed E-state index contributed by atoms with van der Waals surface area (Å²) in [6.07, 6.45) is 3.72. The average molecular weight is 522 g/mol. The fourth-order valence-electron chi connectivity index (χ4n) is 3.81. The largest absolute Gasteiger partial charge is 0.497 e. The van der Waals surface area contributed by atoms with Gasteiger partial charge in [0.1, 0.15) is 11.8 Å². The van der Waals surface area contributed by atoms with E-state index in [2.05, 4.69) is 5.32 Å². The molecule has 8 nitrogen and oxygen atoms in total. The van der Waals surface area contributed by atoms with Crippen molar-refractivity contribution in [2.45, 2.75) is 31.2 Å².